The average Bonchev–Trinajstić information content (AvgIpc) is 2.89. The zero-order valence-corrected chi connectivity index (χ0v) is 15.3. The topological polar surface area (TPSA) is 84.5 Å². The van der Waals surface area contributed by atoms with Crippen LogP contribution in [-0.4, -0.2) is 50.2 Å². The predicted molar refractivity (Wildman–Crippen MR) is 87.0 cm³/mol. The summed E-state index contributed by atoms with van der Waals surface area (Å²) in [6.45, 7) is 4.83. The molecule has 136 valence electrons. The number of unbranched alkanes of at least 4 members (excludes halogenated alkanes) is 1. The average molecular weight is 350 g/mol. The number of aromatic nitrogens is 2. The van der Waals surface area contributed by atoms with E-state index in [9.17, 15) is 13.0 Å². The summed E-state index contributed by atoms with van der Waals surface area (Å²) in [4.78, 5) is 0. The van der Waals surface area contributed by atoms with Crippen LogP contribution in [0.4, 0.5) is 0 Å². The summed E-state index contributed by atoms with van der Waals surface area (Å²) in [5.74, 6) is -0.350. The van der Waals surface area contributed by atoms with Crippen LogP contribution in [-0.2, 0) is 33.2 Å². The molecule has 0 spiro atoms. The highest BCUT2D eigenvalue weighted by Crippen LogP contribution is 1.92. The number of ether oxygens (including phenoxy) is 2. The number of nitrogens with zero attached hydrogens (tertiary/aromatic N) is 2. The molecule has 1 aromatic rings. The van der Waals surface area contributed by atoms with Crippen molar-refractivity contribution < 1.29 is 27.0 Å². The quantitative estimate of drug-likeness (QED) is 0.339. The smallest absolute Gasteiger partial charge is 0.243 e. The molecule has 0 N–H and O–H groups in total. The summed E-state index contributed by atoms with van der Waals surface area (Å²) >= 11 is 0. The Morgan fingerprint density at radius 2 is 1.87 bits per heavy atom. The Kier molecular flexibility index (Phi) is 12.9. The molecule has 0 aliphatic rings. The van der Waals surface area contributed by atoms with E-state index in [0.717, 1.165) is 13.0 Å². The molecule has 0 bridgehead atoms. The van der Waals surface area contributed by atoms with Gasteiger partial charge in [-0.25, -0.2) is 17.6 Å². The van der Waals surface area contributed by atoms with E-state index in [1.165, 1.54) is 12.8 Å². The van der Waals surface area contributed by atoms with Gasteiger partial charge in [0.25, 0.3) is 0 Å². The summed E-state index contributed by atoms with van der Waals surface area (Å²) in [5.41, 5.74) is 0. The molecule has 0 fully saturated rings. The third-order valence-corrected chi connectivity index (χ3v) is 3.70. The largest absolute Gasteiger partial charge is 0.748 e. The monoisotopic (exact) mass is 350 g/mol. The fourth-order valence-electron chi connectivity index (χ4n) is 1.72. The Labute approximate surface area is 140 Å². The lowest BCUT2D eigenvalue weighted by Crippen LogP contribution is -2.23. The van der Waals surface area contributed by atoms with Crippen LogP contribution in [0.3, 0.4) is 0 Å². The molecule has 0 aliphatic heterocycles. The standard InChI is InChI=1S/C8H15N2.C7H16O5S/c1-3-4-5-10-7-6-9(2)8-10;1-11-4-2-5-12-6-3-7-13(8,9)10/h6-8H,3-5H2,1-2H3;2-7H2,1H3,(H,8,9,10)/q+1;/p-1. The number of methoxy groups -OCH3 is 1. The summed E-state index contributed by atoms with van der Waals surface area (Å²) in [6, 6.07) is 0. The Morgan fingerprint density at radius 3 is 2.39 bits per heavy atom. The van der Waals surface area contributed by atoms with E-state index in [1.807, 2.05) is 7.05 Å². The highest BCUT2D eigenvalue weighted by atomic mass is 32.2. The van der Waals surface area contributed by atoms with Gasteiger partial charge >= 0.3 is 0 Å². The first-order valence-electron chi connectivity index (χ1n) is 7.90. The van der Waals surface area contributed by atoms with Gasteiger partial charge in [-0.1, -0.05) is 13.3 Å². The third kappa shape index (κ3) is 15.7. The van der Waals surface area contributed by atoms with Crippen molar-refractivity contribution in [3.63, 3.8) is 0 Å². The van der Waals surface area contributed by atoms with Crippen molar-refractivity contribution >= 4 is 10.1 Å². The van der Waals surface area contributed by atoms with Gasteiger partial charge in [0, 0.05) is 32.7 Å². The highest BCUT2D eigenvalue weighted by molar-refractivity contribution is 7.85. The molecule has 1 rings (SSSR count). The lowest BCUT2D eigenvalue weighted by Gasteiger charge is -2.06. The number of hydrogen-bond donors (Lipinski definition) is 0. The van der Waals surface area contributed by atoms with Gasteiger partial charge in [-0.3, -0.25) is 0 Å². The van der Waals surface area contributed by atoms with Gasteiger partial charge in [-0.2, -0.15) is 0 Å². The van der Waals surface area contributed by atoms with E-state index in [1.54, 1.807) is 7.11 Å². The molecule has 8 heteroatoms. The van der Waals surface area contributed by atoms with Crippen LogP contribution in [0.2, 0.25) is 0 Å². The van der Waals surface area contributed by atoms with E-state index in [4.69, 9.17) is 9.47 Å². The van der Waals surface area contributed by atoms with Crippen LogP contribution in [0.5, 0.6) is 0 Å². The van der Waals surface area contributed by atoms with Crippen LogP contribution in [0, 0.1) is 0 Å². The van der Waals surface area contributed by atoms with Crippen molar-refractivity contribution in [2.24, 2.45) is 7.05 Å². The fraction of sp³-hybridized carbons (Fsp3) is 0.800. The lowest BCUT2D eigenvalue weighted by molar-refractivity contribution is -0.671. The van der Waals surface area contributed by atoms with Crippen LogP contribution >= 0.6 is 0 Å². The van der Waals surface area contributed by atoms with Crippen LogP contribution in [0.15, 0.2) is 18.7 Å². The van der Waals surface area contributed by atoms with Crippen molar-refractivity contribution in [2.45, 2.75) is 39.2 Å². The molecule has 0 amide bonds. The zero-order valence-electron chi connectivity index (χ0n) is 14.4. The third-order valence-electron chi connectivity index (χ3n) is 2.91. The number of aryl methyl sites for hydroxylation is 2. The van der Waals surface area contributed by atoms with Crippen molar-refractivity contribution in [3.05, 3.63) is 18.7 Å². The first kappa shape index (κ1) is 22.0. The van der Waals surface area contributed by atoms with Crippen molar-refractivity contribution in [1.82, 2.24) is 4.57 Å². The van der Waals surface area contributed by atoms with Crippen LogP contribution in [0.1, 0.15) is 32.6 Å². The van der Waals surface area contributed by atoms with E-state index in [2.05, 4.69) is 34.8 Å². The van der Waals surface area contributed by atoms with E-state index >= 15 is 0 Å². The van der Waals surface area contributed by atoms with Crippen LogP contribution < -0.4 is 4.57 Å². The molecule has 1 aromatic heterocycles. The van der Waals surface area contributed by atoms with Crippen molar-refractivity contribution in [1.29, 1.82) is 0 Å². The lowest BCUT2D eigenvalue weighted by atomic mass is 10.3. The Morgan fingerprint density at radius 1 is 1.17 bits per heavy atom. The molecule has 0 aromatic carbocycles. The van der Waals surface area contributed by atoms with Gasteiger partial charge in [0.05, 0.1) is 23.7 Å². The molecule has 0 aliphatic carbocycles. The van der Waals surface area contributed by atoms with Crippen molar-refractivity contribution in [3.8, 4) is 0 Å². The van der Waals surface area contributed by atoms with E-state index in [-0.39, 0.29) is 12.2 Å². The SMILES string of the molecule is CCCCn1cc[n+](C)c1.COCCCOCCCS(=O)(=O)[O-]. The Balaban J connectivity index is 0.000000433. The van der Waals surface area contributed by atoms with E-state index < -0.39 is 10.1 Å². The second-order valence-electron chi connectivity index (χ2n) is 5.24. The molecular formula is C15H30N2O5S. The molecule has 0 saturated carbocycles. The molecular weight excluding hydrogens is 320 g/mol. The molecule has 23 heavy (non-hydrogen) atoms. The maximum atomic E-state index is 10.1. The zero-order chi connectivity index (χ0) is 17.6. The number of rotatable bonds is 11. The van der Waals surface area contributed by atoms with Gasteiger partial charge in [-0.15, -0.1) is 0 Å². The minimum atomic E-state index is -4.08. The first-order chi connectivity index (χ1) is 10.9. The molecule has 0 radical (unpaired) electrons. The van der Waals surface area contributed by atoms with Gasteiger partial charge in [-0.05, 0) is 19.3 Å². The maximum absolute atomic E-state index is 10.1. The molecule has 1 heterocycles. The minimum Gasteiger partial charge on any atom is -0.748 e. The van der Waals surface area contributed by atoms with Crippen molar-refractivity contribution in [2.75, 3.05) is 32.7 Å². The molecule has 0 saturated heterocycles. The number of hydrogen-bond acceptors (Lipinski definition) is 5. The summed E-state index contributed by atoms with van der Waals surface area (Å²) in [5, 5.41) is 0. The summed E-state index contributed by atoms with van der Waals surface area (Å²) in [7, 11) is -0.431. The van der Waals surface area contributed by atoms with Gasteiger partial charge in [0.15, 0.2) is 0 Å². The predicted octanol–water partition coefficient (Wildman–Crippen LogP) is 1.09. The summed E-state index contributed by atoms with van der Waals surface area (Å²) < 4.78 is 44.5. The van der Waals surface area contributed by atoms with E-state index in [0.29, 0.717) is 19.8 Å². The minimum absolute atomic E-state index is 0.263. The van der Waals surface area contributed by atoms with Crippen LogP contribution in [0.25, 0.3) is 0 Å². The number of imidazole rings is 1. The maximum Gasteiger partial charge on any atom is 0.243 e. The van der Waals surface area contributed by atoms with Gasteiger partial charge in [0.1, 0.15) is 12.4 Å². The Hall–Kier alpha value is -0.960. The van der Waals surface area contributed by atoms with Gasteiger partial charge in [0.2, 0.25) is 6.33 Å². The summed E-state index contributed by atoms with van der Waals surface area (Å²) in [6.07, 6.45) is 9.86. The fourth-order valence-corrected chi connectivity index (χ4v) is 2.19. The second kappa shape index (κ2) is 13.5. The normalized spacial score (nSPS) is 11.1. The van der Waals surface area contributed by atoms with Gasteiger partial charge < -0.3 is 14.0 Å². The molecule has 0 atom stereocenters. The first-order valence-corrected chi connectivity index (χ1v) is 9.48. The second-order valence-corrected chi connectivity index (χ2v) is 6.77. The highest BCUT2D eigenvalue weighted by Gasteiger charge is 1.96. The molecule has 7 nitrogen and oxygen atoms in total. The molecule has 0 unspecified atom stereocenters. The Bertz CT molecular complexity index is 488.